The number of nitrogens with zero attached hydrogens (tertiary/aromatic N) is 1. The first-order chi connectivity index (χ1) is 10.2. The maximum absolute atomic E-state index is 11.4. The molecular formula is C17H28N2OS. The SMILES string of the molecule is CCCNC(CCN1CCS(=O)CC1)c1ccc(C)cc1. The molecule has 118 valence electrons. The third-order valence-corrected chi connectivity index (χ3v) is 5.40. The predicted molar refractivity (Wildman–Crippen MR) is 91.1 cm³/mol. The molecule has 0 radical (unpaired) electrons. The summed E-state index contributed by atoms with van der Waals surface area (Å²) in [6.07, 6.45) is 2.28. The van der Waals surface area contributed by atoms with Crippen molar-refractivity contribution in [3.63, 3.8) is 0 Å². The lowest BCUT2D eigenvalue weighted by Gasteiger charge is -2.28. The maximum Gasteiger partial charge on any atom is 0.0363 e. The summed E-state index contributed by atoms with van der Waals surface area (Å²) in [6.45, 7) is 8.46. The zero-order chi connectivity index (χ0) is 15.1. The monoisotopic (exact) mass is 308 g/mol. The van der Waals surface area contributed by atoms with Gasteiger partial charge in [-0.15, -0.1) is 0 Å². The summed E-state index contributed by atoms with van der Waals surface area (Å²) in [5, 5.41) is 3.67. The van der Waals surface area contributed by atoms with Gasteiger partial charge in [0.15, 0.2) is 0 Å². The number of aryl methyl sites for hydroxylation is 1. The van der Waals surface area contributed by atoms with E-state index in [4.69, 9.17) is 0 Å². The van der Waals surface area contributed by atoms with Crippen molar-refractivity contribution in [2.45, 2.75) is 32.7 Å². The summed E-state index contributed by atoms with van der Waals surface area (Å²) >= 11 is 0. The molecule has 1 fully saturated rings. The van der Waals surface area contributed by atoms with Crippen LogP contribution < -0.4 is 5.32 Å². The maximum atomic E-state index is 11.4. The van der Waals surface area contributed by atoms with E-state index in [1.165, 1.54) is 11.1 Å². The Balaban J connectivity index is 1.89. The van der Waals surface area contributed by atoms with Gasteiger partial charge in [0.25, 0.3) is 0 Å². The minimum atomic E-state index is -0.576. The zero-order valence-electron chi connectivity index (χ0n) is 13.3. The number of benzene rings is 1. The highest BCUT2D eigenvalue weighted by Gasteiger charge is 2.17. The zero-order valence-corrected chi connectivity index (χ0v) is 14.1. The lowest BCUT2D eigenvalue weighted by atomic mass is 10.0. The lowest BCUT2D eigenvalue weighted by Crippen LogP contribution is -2.39. The fourth-order valence-corrected chi connectivity index (χ4v) is 3.84. The van der Waals surface area contributed by atoms with E-state index in [-0.39, 0.29) is 0 Å². The molecule has 1 saturated heterocycles. The minimum absolute atomic E-state index is 0.429. The van der Waals surface area contributed by atoms with Crippen molar-refractivity contribution in [3.8, 4) is 0 Å². The molecule has 1 N–H and O–H groups in total. The quantitative estimate of drug-likeness (QED) is 0.840. The van der Waals surface area contributed by atoms with Crippen LogP contribution in [-0.4, -0.2) is 46.8 Å². The molecule has 1 unspecified atom stereocenters. The van der Waals surface area contributed by atoms with Crippen LogP contribution in [0.4, 0.5) is 0 Å². The normalized spacial score (nSPS) is 18.8. The lowest BCUT2D eigenvalue weighted by molar-refractivity contribution is 0.278. The first-order valence-electron chi connectivity index (χ1n) is 8.06. The van der Waals surface area contributed by atoms with Crippen LogP contribution in [0.1, 0.15) is 36.9 Å². The average Bonchev–Trinajstić information content (AvgIpc) is 2.50. The molecule has 0 aliphatic carbocycles. The van der Waals surface area contributed by atoms with E-state index in [0.717, 1.165) is 50.5 Å². The fourth-order valence-electron chi connectivity index (χ4n) is 2.71. The first kappa shape index (κ1) is 16.7. The van der Waals surface area contributed by atoms with Gasteiger partial charge in [0.05, 0.1) is 0 Å². The van der Waals surface area contributed by atoms with Gasteiger partial charge in [-0.2, -0.15) is 0 Å². The van der Waals surface area contributed by atoms with Crippen LogP contribution in [0.15, 0.2) is 24.3 Å². The van der Waals surface area contributed by atoms with Crippen LogP contribution in [-0.2, 0) is 10.8 Å². The van der Waals surface area contributed by atoms with E-state index in [9.17, 15) is 4.21 Å². The van der Waals surface area contributed by atoms with Crippen LogP contribution in [0.2, 0.25) is 0 Å². The van der Waals surface area contributed by atoms with Crippen molar-refractivity contribution < 1.29 is 4.21 Å². The van der Waals surface area contributed by atoms with Gasteiger partial charge in [0.1, 0.15) is 0 Å². The summed E-state index contributed by atoms with van der Waals surface area (Å²) in [5.41, 5.74) is 2.70. The molecule has 1 aromatic rings. The molecule has 1 heterocycles. The molecule has 2 rings (SSSR count). The number of nitrogens with one attached hydrogen (secondary N) is 1. The molecule has 1 atom stereocenters. The van der Waals surface area contributed by atoms with Crippen LogP contribution in [0.3, 0.4) is 0 Å². The predicted octanol–water partition coefficient (Wildman–Crippen LogP) is 2.49. The van der Waals surface area contributed by atoms with Gasteiger partial charge in [-0.05, 0) is 31.9 Å². The van der Waals surface area contributed by atoms with Gasteiger partial charge in [-0.3, -0.25) is 4.21 Å². The Labute approximate surface area is 131 Å². The van der Waals surface area contributed by atoms with Crippen molar-refractivity contribution in [3.05, 3.63) is 35.4 Å². The first-order valence-corrected chi connectivity index (χ1v) is 9.55. The summed E-state index contributed by atoms with van der Waals surface area (Å²) in [5.74, 6) is 1.69. The Morgan fingerprint density at radius 3 is 2.52 bits per heavy atom. The van der Waals surface area contributed by atoms with E-state index in [2.05, 4.69) is 48.3 Å². The summed E-state index contributed by atoms with van der Waals surface area (Å²) in [7, 11) is -0.576. The van der Waals surface area contributed by atoms with Crippen LogP contribution >= 0.6 is 0 Å². The molecule has 0 saturated carbocycles. The van der Waals surface area contributed by atoms with Crippen molar-refractivity contribution in [2.24, 2.45) is 0 Å². The van der Waals surface area contributed by atoms with Crippen LogP contribution in [0.5, 0.6) is 0 Å². The Kier molecular flexibility index (Phi) is 6.87. The second-order valence-electron chi connectivity index (χ2n) is 5.90. The Bertz CT molecular complexity index is 437. The van der Waals surface area contributed by atoms with Crippen molar-refractivity contribution >= 4 is 10.8 Å². The average molecular weight is 308 g/mol. The van der Waals surface area contributed by atoms with E-state index >= 15 is 0 Å². The Hall–Kier alpha value is -0.710. The molecule has 4 heteroatoms. The Morgan fingerprint density at radius 1 is 1.24 bits per heavy atom. The molecule has 1 aromatic carbocycles. The second-order valence-corrected chi connectivity index (χ2v) is 7.59. The fraction of sp³-hybridized carbons (Fsp3) is 0.647. The van der Waals surface area contributed by atoms with E-state index < -0.39 is 10.8 Å². The van der Waals surface area contributed by atoms with Crippen LogP contribution in [0, 0.1) is 6.92 Å². The van der Waals surface area contributed by atoms with E-state index in [1.807, 2.05) is 0 Å². The Morgan fingerprint density at radius 2 is 1.90 bits per heavy atom. The van der Waals surface area contributed by atoms with E-state index in [0.29, 0.717) is 6.04 Å². The molecule has 21 heavy (non-hydrogen) atoms. The summed E-state index contributed by atoms with van der Waals surface area (Å²) < 4.78 is 11.4. The van der Waals surface area contributed by atoms with Gasteiger partial charge in [0, 0.05) is 48.0 Å². The van der Waals surface area contributed by atoms with Gasteiger partial charge >= 0.3 is 0 Å². The van der Waals surface area contributed by atoms with Crippen molar-refractivity contribution in [2.75, 3.05) is 37.7 Å². The van der Waals surface area contributed by atoms with Gasteiger partial charge in [-0.25, -0.2) is 0 Å². The van der Waals surface area contributed by atoms with Gasteiger partial charge < -0.3 is 10.2 Å². The summed E-state index contributed by atoms with van der Waals surface area (Å²) in [4.78, 5) is 2.45. The molecule has 1 aliphatic heterocycles. The molecule has 0 aromatic heterocycles. The molecule has 3 nitrogen and oxygen atoms in total. The van der Waals surface area contributed by atoms with E-state index in [1.54, 1.807) is 0 Å². The minimum Gasteiger partial charge on any atom is -0.310 e. The van der Waals surface area contributed by atoms with Gasteiger partial charge in [0.2, 0.25) is 0 Å². The highest BCUT2D eigenvalue weighted by molar-refractivity contribution is 7.85. The summed E-state index contributed by atoms with van der Waals surface area (Å²) in [6, 6.07) is 9.31. The third kappa shape index (κ3) is 5.53. The van der Waals surface area contributed by atoms with Crippen molar-refractivity contribution in [1.82, 2.24) is 10.2 Å². The smallest absolute Gasteiger partial charge is 0.0363 e. The van der Waals surface area contributed by atoms with Gasteiger partial charge in [-0.1, -0.05) is 36.8 Å². The molecule has 0 spiro atoms. The molecule has 0 bridgehead atoms. The van der Waals surface area contributed by atoms with Crippen molar-refractivity contribution in [1.29, 1.82) is 0 Å². The largest absolute Gasteiger partial charge is 0.310 e. The number of hydrogen-bond acceptors (Lipinski definition) is 3. The molecule has 1 aliphatic rings. The highest BCUT2D eigenvalue weighted by atomic mass is 32.2. The van der Waals surface area contributed by atoms with Crippen LogP contribution in [0.25, 0.3) is 0 Å². The third-order valence-electron chi connectivity index (χ3n) is 4.12. The molecular weight excluding hydrogens is 280 g/mol. The highest BCUT2D eigenvalue weighted by Crippen LogP contribution is 2.18. The number of rotatable bonds is 7. The topological polar surface area (TPSA) is 32.3 Å². The standard InChI is InChI=1S/C17H28N2OS/c1-3-9-18-17(16-6-4-15(2)5-7-16)8-10-19-11-13-21(20)14-12-19/h4-7,17-18H,3,8-14H2,1-2H3. The number of hydrogen-bond donors (Lipinski definition) is 1. The second kappa shape index (κ2) is 8.66. The molecule has 0 amide bonds.